The number of aryl methyl sites for hydroxylation is 2. The van der Waals surface area contributed by atoms with E-state index in [9.17, 15) is 4.79 Å². The maximum Gasteiger partial charge on any atom is 0.246 e. The van der Waals surface area contributed by atoms with Crippen LogP contribution in [0.25, 0.3) is 0 Å². The molecule has 4 rings (SSSR count). The van der Waals surface area contributed by atoms with Gasteiger partial charge in [0.05, 0.1) is 0 Å². The van der Waals surface area contributed by atoms with Gasteiger partial charge in [0, 0.05) is 17.1 Å². The molecule has 0 aliphatic heterocycles. The van der Waals surface area contributed by atoms with Gasteiger partial charge in [0.15, 0.2) is 0 Å². The van der Waals surface area contributed by atoms with E-state index in [1.165, 1.54) is 0 Å². The van der Waals surface area contributed by atoms with Gasteiger partial charge in [0.25, 0.3) is 0 Å². The second-order valence-electron chi connectivity index (χ2n) is 7.91. The van der Waals surface area contributed by atoms with Crippen molar-refractivity contribution in [1.29, 1.82) is 0 Å². The van der Waals surface area contributed by atoms with Gasteiger partial charge in [-0.15, -0.1) is 0 Å². The number of benzene rings is 3. The molecule has 1 aromatic heterocycles. The summed E-state index contributed by atoms with van der Waals surface area (Å²) in [5, 5.41) is 12.5. The highest BCUT2D eigenvalue weighted by Crippen LogP contribution is 2.21. The van der Waals surface area contributed by atoms with Gasteiger partial charge in [0.2, 0.25) is 23.8 Å². The van der Waals surface area contributed by atoms with Crippen LogP contribution in [-0.2, 0) is 4.79 Å². The summed E-state index contributed by atoms with van der Waals surface area (Å²) in [5.41, 5.74) is 4.50. The summed E-state index contributed by atoms with van der Waals surface area (Å²) in [6.07, 6.45) is 0. The van der Waals surface area contributed by atoms with E-state index in [1.807, 2.05) is 92.7 Å². The lowest BCUT2D eigenvalue weighted by Gasteiger charge is -2.17. The van der Waals surface area contributed by atoms with E-state index in [2.05, 4.69) is 36.2 Å². The van der Waals surface area contributed by atoms with Crippen molar-refractivity contribution in [2.24, 2.45) is 0 Å². The molecular weight excluding hydrogens is 426 g/mol. The highest BCUT2D eigenvalue weighted by atomic mass is 16.2. The summed E-state index contributed by atoms with van der Waals surface area (Å²) in [6, 6.07) is 24.5. The first-order valence-electron chi connectivity index (χ1n) is 11.0. The molecule has 0 aliphatic rings. The maximum atomic E-state index is 12.9. The summed E-state index contributed by atoms with van der Waals surface area (Å²) in [4.78, 5) is 26.3. The normalized spacial score (nSPS) is 11.4. The first-order chi connectivity index (χ1) is 16.5. The first-order valence-corrected chi connectivity index (χ1v) is 11.0. The molecule has 1 amide bonds. The van der Waals surface area contributed by atoms with Gasteiger partial charge < -0.3 is 21.3 Å². The molecular formula is C26H27N7O. The van der Waals surface area contributed by atoms with Crippen LogP contribution >= 0.6 is 0 Å². The lowest BCUT2D eigenvalue weighted by Crippen LogP contribution is -2.33. The zero-order chi connectivity index (χ0) is 23.9. The third-order valence-electron chi connectivity index (χ3n) is 5.16. The van der Waals surface area contributed by atoms with E-state index >= 15 is 0 Å². The van der Waals surface area contributed by atoms with Gasteiger partial charge in [0.1, 0.15) is 6.04 Å². The largest absolute Gasteiger partial charge is 0.342 e. The highest BCUT2D eigenvalue weighted by molar-refractivity contribution is 5.97. The van der Waals surface area contributed by atoms with Crippen LogP contribution in [0.15, 0.2) is 78.9 Å². The zero-order valence-electron chi connectivity index (χ0n) is 19.3. The molecule has 8 heteroatoms. The Morgan fingerprint density at radius 3 is 1.65 bits per heavy atom. The number of nitrogens with zero attached hydrogens (tertiary/aromatic N) is 3. The van der Waals surface area contributed by atoms with Gasteiger partial charge in [-0.05, 0) is 56.2 Å². The fraction of sp³-hybridized carbons (Fsp3) is 0.154. The molecule has 1 atom stereocenters. The van der Waals surface area contributed by atoms with Crippen LogP contribution in [0.3, 0.4) is 0 Å². The van der Waals surface area contributed by atoms with Crippen LogP contribution in [0.5, 0.6) is 0 Å². The Labute approximate surface area is 198 Å². The third kappa shape index (κ3) is 5.86. The first kappa shape index (κ1) is 22.7. The summed E-state index contributed by atoms with van der Waals surface area (Å²) < 4.78 is 0. The van der Waals surface area contributed by atoms with Gasteiger partial charge >= 0.3 is 0 Å². The molecule has 0 spiro atoms. The second-order valence-corrected chi connectivity index (χ2v) is 7.91. The molecule has 0 radical (unpaired) electrons. The highest BCUT2D eigenvalue weighted by Gasteiger charge is 2.17. The van der Waals surface area contributed by atoms with Gasteiger partial charge in [-0.2, -0.15) is 15.0 Å². The number of anilines is 6. The maximum absolute atomic E-state index is 12.9. The molecule has 0 fully saturated rings. The van der Waals surface area contributed by atoms with E-state index in [4.69, 9.17) is 0 Å². The van der Waals surface area contributed by atoms with Crippen LogP contribution in [0.2, 0.25) is 0 Å². The molecule has 4 aromatic rings. The molecule has 34 heavy (non-hydrogen) atoms. The Kier molecular flexibility index (Phi) is 6.98. The molecule has 0 aliphatic carbocycles. The SMILES string of the molecule is Cc1cccc(C)c1NC(=O)C(C)Nc1nc(Nc2ccccc2)nc(Nc2ccccc2)n1. The van der Waals surface area contributed by atoms with Crippen molar-refractivity contribution in [3.8, 4) is 0 Å². The summed E-state index contributed by atoms with van der Waals surface area (Å²) >= 11 is 0. The Balaban J connectivity index is 1.55. The van der Waals surface area contributed by atoms with E-state index in [1.54, 1.807) is 6.92 Å². The minimum atomic E-state index is -0.587. The van der Waals surface area contributed by atoms with Crippen LogP contribution in [-0.4, -0.2) is 26.9 Å². The zero-order valence-corrected chi connectivity index (χ0v) is 19.3. The topological polar surface area (TPSA) is 104 Å². The number of hydrogen-bond acceptors (Lipinski definition) is 7. The van der Waals surface area contributed by atoms with Crippen molar-refractivity contribution in [1.82, 2.24) is 15.0 Å². The minimum absolute atomic E-state index is 0.187. The molecule has 3 aromatic carbocycles. The predicted molar refractivity (Wildman–Crippen MR) is 137 cm³/mol. The van der Waals surface area contributed by atoms with Crippen molar-refractivity contribution in [2.75, 3.05) is 21.3 Å². The third-order valence-corrected chi connectivity index (χ3v) is 5.16. The number of rotatable bonds is 8. The smallest absolute Gasteiger partial charge is 0.246 e. The number of carbonyl (C=O) groups is 1. The Hall–Kier alpha value is -4.46. The van der Waals surface area contributed by atoms with Crippen molar-refractivity contribution in [2.45, 2.75) is 26.8 Å². The second kappa shape index (κ2) is 10.4. The number of carbonyl (C=O) groups excluding carboxylic acids is 1. The van der Waals surface area contributed by atoms with Crippen molar-refractivity contribution in [3.05, 3.63) is 90.0 Å². The van der Waals surface area contributed by atoms with Crippen LogP contribution in [0.1, 0.15) is 18.1 Å². The van der Waals surface area contributed by atoms with Crippen LogP contribution in [0.4, 0.5) is 34.9 Å². The fourth-order valence-corrected chi connectivity index (χ4v) is 3.36. The molecule has 0 bridgehead atoms. The molecule has 1 heterocycles. The summed E-state index contributed by atoms with van der Waals surface area (Å²) in [6.45, 7) is 5.70. The summed E-state index contributed by atoms with van der Waals surface area (Å²) in [5.74, 6) is 0.790. The van der Waals surface area contributed by atoms with E-state index < -0.39 is 6.04 Å². The number of aromatic nitrogens is 3. The van der Waals surface area contributed by atoms with Gasteiger partial charge in [-0.1, -0.05) is 54.6 Å². The van der Waals surface area contributed by atoms with Gasteiger partial charge in [-0.3, -0.25) is 4.79 Å². The number of amides is 1. The number of para-hydroxylation sites is 3. The van der Waals surface area contributed by atoms with E-state index in [-0.39, 0.29) is 11.9 Å². The van der Waals surface area contributed by atoms with Crippen LogP contribution in [0, 0.1) is 13.8 Å². The predicted octanol–water partition coefficient (Wildman–Crippen LogP) is 5.41. The van der Waals surface area contributed by atoms with Crippen molar-refractivity contribution < 1.29 is 4.79 Å². The number of hydrogen-bond donors (Lipinski definition) is 4. The molecule has 0 saturated carbocycles. The van der Waals surface area contributed by atoms with Gasteiger partial charge in [-0.25, -0.2) is 0 Å². The lowest BCUT2D eigenvalue weighted by molar-refractivity contribution is -0.116. The number of nitrogens with one attached hydrogen (secondary N) is 4. The molecule has 1 unspecified atom stereocenters. The fourth-order valence-electron chi connectivity index (χ4n) is 3.36. The molecule has 172 valence electrons. The van der Waals surface area contributed by atoms with E-state index in [0.29, 0.717) is 11.9 Å². The van der Waals surface area contributed by atoms with Crippen molar-refractivity contribution in [3.63, 3.8) is 0 Å². The Morgan fingerprint density at radius 1 is 0.676 bits per heavy atom. The lowest BCUT2D eigenvalue weighted by atomic mass is 10.1. The average Bonchev–Trinajstić information content (AvgIpc) is 2.82. The van der Waals surface area contributed by atoms with E-state index in [0.717, 1.165) is 28.2 Å². The molecule has 0 saturated heterocycles. The monoisotopic (exact) mass is 453 g/mol. The Morgan fingerprint density at radius 2 is 1.15 bits per heavy atom. The van der Waals surface area contributed by atoms with Crippen molar-refractivity contribution >= 4 is 40.8 Å². The quantitative estimate of drug-likeness (QED) is 0.283. The average molecular weight is 454 g/mol. The molecule has 4 N–H and O–H groups in total. The minimum Gasteiger partial charge on any atom is -0.342 e. The Bertz CT molecular complexity index is 1180. The summed E-state index contributed by atoms with van der Waals surface area (Å²) in [7, 11) is 0. The standard InChI is InChI=1S/C26H27N7O/c1-17-11-10-12-18(2)22(17)30-23(34)19(3)27-24-31-25(28-20-13-6-4-7-14-20)33-26(32-24)29-21-15-8-5-9-16-21/h4-16,19H,1-3H3,(H,30,34)(H3,27,28,29,31,32,33). The van der Waals surface area contributed by atoms with Crippen LogP contribution < -0.4 is 21.3 Å². The molecule has 8 nitrogen and oxygen atoms in total.